The third-order valence-electron chi connectivity index (χ3n) is 2.20. The average molecular weight is 213 g/mol. The number of rotatable bonds is 1. The van der Waals surface area contributed by atoms with Crippen molar-refractivity contribution >= 4 is 23.2 Å². The Kier molecular flexibility index (Phi) is 2.09. The smallest absolute Gasteiger partial charge is 0.245 e. The molecule has 0 aliphatic carbocycles. The molecule has 3 N–H and O–H groups in total. The molecule has 1 aromatic carbocycles. The maximum atomic E-state index is 11.2. The van der Waals surface area contributed by atoms with Crippen molar-refractivity contribution in [3.05, 3.63) is 22.7 Å². The lowest BCUT2D eigenvalue weighted by atomic mass is 10.1. The van der Waals surface area contributed by atoms with Crippen LogP contribution in [0, 0.1) is 0 Å². The Balaban J connectivity index is 2.55. The molecule has 1 amide bonds. The van der Waals surface area contributed by atoms with Gasteiger partial charge in [-0.1, -0.05) is 11.6 Å². The number of nitrogens with two attached hydrogens (primary N) is 1. The standard InChI is InChI=1S/C9H9ClN2O2/c1-14-7-2-4-6(3-5(7)10)12-9(13)8(4)11/h2-3,8H,11H2,1H3,(H,12,13). The molecule has 0 saturated heterocycles. The second kappa shape index (κ2) is 3.15. The molecule has 14 heavy (non-hydrogen) atoms. The molecule has 1 heterocycles. The maximum Gasteiger partial charge on any atom is 0.245 e. The third-order valence-corrected chi connectivity index (χ3v) is 2.49. The van der Waals surface area contributed by atoms with Gasteiger partial charge in [-0.05, 0) is 12.1 Å². The van der Waals surface area contributed by atoms with E-state index in [4.69, 9.17) is 22.1 Å². The van der Waals surface area contributed by atoms with E-state index >= 15 is 0 Å². The zero-order valence-corrected chi connectivity index (χ0v) is 8.26. The van der Waals surface area contributed by atoms with Gasteiger partial charge in [-0.2, -0.15) is 0 Å². The Hall–Kier alpha value is -1.26. The first kappa shape index (κ1) is 9.30. The van der Waals surface area contributed by atoms with Crippen LogP contribution in [0.4, 0.5) is 5.69 Å². The predicted molar refractivity (Wildman–Crippen MR) is 53.6 cm³/mol. The first-order chi connectivity index (χ1) is 6.63. The van der Waals surface area contributed by atoms with E-state index in [1.54, 1.807) is 12.1 Å². The van der Waals surface area contributed by atoms with Crippen molar-refractivity contribution < 1.29 is 9.53 Å². The number of methoxy groups -OCH3 is 1. The lowest BCUT2D eigenvalue weighted by Gasteiger charge is -2.06. The summed E-state index contributed by atoms with van der Waals surface area (Å²) in [6.07, 6.45) is 0. The molecule has 0 spiro atoms. The van der Waals surface area contributed by atoms with Crippen molar-refractivity contribution in [2.24, 2.45) is 5.73 Å². The molecule has 1 aromatic rings. The molecule has 4 nitrogen and oxygen atoms in total. The van der Waals surface area contributed by atoms with E-state index in [-0.39, 0.29) is 5.91 Å². The summed E-state index contributed by atoms with van der Waals surface area (Å²) in [4.78, 5) is 11.2. The molecule has 0 fully saturated rings. The highest BCUT2D eigenvalue weighted by molar-refractivity contribution is 6.32. The van der Waals surface area contributed by atoms with Gasteiger partial charge in [0.1, 0.15) is 11.8 Å². The quantitative estimate of drug-likeness (QED) is 0.738. The van der Waals surface area contributed by atoms with Crippen LogP contribution in [-0.2, 0) is 4.79 Å². The topological polar surface area (TPSA) is 64.3 Å². The Morgan fingerprint density at radius 2 is 2.29 bits per heavy atom. The highest BCUT2D eigenvalue weighted by Crippen LogP contribution is 2.37. The Bertz CT molecular complexity index is 406. The minimum atomic E-state index is -0.629. The van der Waals surface area contributed by atoms with Crippen LogP contribution in [0.1, 0.15) is 11.6 Å². The fourth-order valence-corrected chi connectivity index (χ4v) is 1.68. The summed E-state index contributed by atoms with van der Waals surface area (Å²) >= 11 is 5.89. The van der Waals surface area contributed by atoms with Gasteiger partial charge in [0.2, 0.25) is 5.91 Å². The van der Waals surface area contributed by atoms with Crippen LogP contribution in [-0.4, -0.2) is 13.0 Å². The molecule has 0 radical (unpaired) electrons. The van der Waals surface area contributed by atoms with Gasteiger partial charge in [-0.3, -0.25) is 4.79 Å². The van der Waals surface area contributed by atoms with Crippen LogP contribution in [0.5, 0.6) is 5.75 Å². The van der Waals surface area contributed by atoms with Crippen LogP contribution in [0.3, 0.4) is 0 Å². The lowest BCUT2D eigenvalue weighted by molar-refractivity contribution is -0.116. The van der Waals surface area contributed by atoms with Crippen LogP contribution < -0.4 is 15.8 Å². The predicted octanol–water partition coefficient (Wildman–Crippen LogP) is 1.30. The largest absolute Gasteiger partial charge is 0.495 e. The summed E-state index contributed by atoms with van der Waals surface area (Å²) in [5, 5.41) is 3.09. The van der Waals surface area contributed by atoms with Gasteiger partial charge in [-0.25, -0.2) is 0 Å². The molecule has 1 aliphatic rings. The molecular weight excluding hydrogens is 204 g/mol. The molecule has 1 atom stereocenters. The van der Waals surface area contributed by atoms with E-state index in [0.717, 1.165) is 5.56 Å². The minimum Gasteiger partial charge on any atom is -0.495 e. The summed E-state index contributed by atoms with van der Waals surface area (Å²) in [7, 11) is 1.52. The van der Waals surface area contributed by atoms with Gasteiger partial charge in [0, 0.05) is 11.3 Å². The molecule has 2 rings (SSSR count). The van der Waals surface area contributed by atoms with E-state index in [2.05, 4.69) is 5.32 Å². The van der Waals surface area contributed by atoms with Gasteiger partial charge >= 0.3 is 0 Å². The molecule has 0 aromatic heterocycles. The van der Waals surface area contributed by atoms with Crippen LogP contribution in [0.2, 0.25) is 5.02 Å². The van der Waals surface area contributed by atoms with Gasteiger partial charge in [-0.15, -0.1) is 0 Å². The fraction of sp³-hybridized carbons (Fsp3) is 0.222. The van der Waals surface area contributed by atoms with Crippen LogP contribution in [0.15, 0.2) is 12.1 Å². The van der Waals surface area contributed by atoms with Crippen molar-refractivity contribution in [2.45, 2.75) is 6.04 Å². The van der Waals surface area contributed by atoms with Gasteiger partial charge in [0.25, 0.3) is 0 Å². The number of ether oxygens (including phenoxy) is 1. The van der Waals surface area contributed by atoms with Crippen molar-refractivity contribution in [3.8, 4) is 5.75 Å². The van der Waals surface area contributed by atoms with E-state index in [0.29, 0.717) is 16.5 Å². The van der Waals surface area contributed by atoms with Gasteiger partial charge < -0.3 is 15.8 Å². The average Bonchev–Trinajstić information content (AvgIpc) is 2.41. The van der Waals surface area contributed by atoms with Crippen molar-refractivity contribution in [1.82, 2.24) is 0 Å². The number of nitrogens with one attached hydrogen (secondary N) is 1. The monoisotopic (exact) mass is 212 g/mol. The number of hydrogen-bond acceptors (Lipinski definition) is 3. The Morgan fingerprint density at radius 3 is 2.93 bits per heavy atom. The summed E-state index contributed by atoms with van der Waals surface area (Å²) in [5.41, 5.74) is 7.03. The molecule has 1 unspecified atom stereocenters. The van der Waals surface area contributed by atoms with Crippen molar-refractivity contribution in [2.75, 3.05) is 12.4 Å². The number of carbonyl (C=O) groups excluding carboxylic acids is 1. The number of anilines is 1. The van der Waals surface area contributed by atoms with Gasteiger partial charge in [0.15, 0.2) is 0 Å². The molecular formula is C9H9ClN2O2. The second-order valence-corrected chi connectivity index (χ2v) is 3.45. The van der Waals surface area contributed by atoms with E-state index in [1.165, 1.54) is 7.11 Å². The number of fused-ring (bicyclic) bond motifs is 1. The first-order valence-corrected chi connectivity index (χ1v) is 4.45. The Labute approximate surface area is 86.0 Å². The molecule has 74 valence electrons. The second-order valence-electron chi connectivity index (χ2n) is 3.04. The zero-order chi connectivity index (χ0) is 10.3. The summed E-state index contributed by atoms with van der Waals surface area (Å²) in [6.45, 7) is 0. The Morgan fingerprint density at radius 1 is 1.57 bits per heavy atom. The van der Waals surface area contributed by atoms with Gasteiger partial charge in [0.05, 0.1) is 12.1 Å². The lowest BCUT2D eigenvalue weighted by Crippen LogP contribution is -2.19. The van der Waals surface area contributed by atoms with Crippen molar-refractivity contribution in [3.63, 3.8) is 0 Å². The fourth-order valence-electron chi connectivity index (χ4n) is 1.44. The first-order valence-electron chi connectivity index (χ1n) is 4.07. The van der Waals surface area contributed by atoms with E-state index in [9.17, 15) is 4.79 Å². The number of benzene rings is 1. The van der Waals surface area contributed by atoms with E-state index in [1.807, 2.05) is 0 Å². The van der Waals surface area contributed by atoms with Crippen LogP contribution in [0.25, 0.3) is 0 Å². The van der Waals surface area contributed by atoms with Crippen LogP contribution >= 0.6 is 11.6 Å². The molecule has 0 saturated carbocycles. The van der Waals surface area contributed by atoms with E-state index < -0.39 is 6.04 Å². The minimum absolute atomic E-state index is 0.218. The maximum absolute atomic E-state index is 11.2. The molecule has 5 heteroatoms. The summed E-state index contributed by atoms with van der Waals surface area (Å²) < 4.78 is 5.03. The highest BCUT2D eigenvalue weighted by atomic mass is 35.5. The van der Waals surface area contributed by atoms with Crippen molar-refractivity contribution in [1.29, 1.82) is 0 Å². The highest BCUT2D eigenvalue weighted by Gasteiger charge is 2.28. The third kappa shape index (κ3) is 1.23. The normalized spacial score (nSPS) is 19.1. The number of hydrogen-bond donors (Lipinski definition) is 2. The number of carbonyl (C=O) groups is 1. The molecule has 0 bridgehead atoms. The summed E-state index contributed by atoms with van der Waals surface area (Å²) in [5.74, 6) is 0.307. The number of amides is 1. The SMILES string of the molecule is COc1cc2c(cc1Cl)NC(=O)C2N. The molecule has 1 aliphatic heterocycles. The zero-order valence-electron chi connectivity index (χ0n) is 7.50. The number of halogens is 1. The summed E-state index contributed by atoms with van der Waals surface area (Å²) in [6, 6.07) is 2.69.